The van der Waals surface area contributed by atoms with Crippen molar-refractivity contribution < 1.29 is 9.13 Å². The minimum absolute atomic E-state index is 0.189. The van der Waals surface area contributed by atoms with E-state index < -0.39 is 0 Å². The molecule has 0 radical (unpaired) electrons. The summed E-state index contributed by atoms with van der Waals surface area (Å²) in [4.78, 5) is 0. The largest absolute Gasteiger partial charge is 0.494 e. The first-order valence-electron chi connectivity index (χ1n) is 5.95. The zero-order chi connectivity index (χ0) is 12.8. The summed E-state index contributed by atoms with van der Waals surface area (Å²) in [5, 5.41) is 3.29. The molecule has 0 aliphatic heterocycles. The van der Waals surface area contributed by atoms with Gasteiger partial charge in [0.1, 0.15) is 11.6 Å². The molecule has 2 nitrogen and oxygen atoms in total. The van der Waals surface area contributed by atoms with E-state index in [-0.39, 0.29) is 11.9 Å². The van der Waals surface area contributed by atoms with Crippen molar-refractivity contribution in [1.82, 2.24) is 5.32 Å². The van der Waals surface area contributed by atoms with Crippen LogP contribution in [0.25, 0.3) is 5.76 Å². The number of rotatable bonds is 6. The van der Waals surface area contributed by atoms with Crippen LogP contribution in [-0.4, -0.2) is 13.2 Å². The van der Waals surface area contributed by atoms with Crippen LogP contribution in [-0.2, 0) is 4.74 Å². The van der Waals surface area contributed by atoms with Crippen LogP contribution in [0.4, 0.5) is 4.39 Å². The summed E-state index contributed by atoms with van der Waals surface area (Å²) >= 11 is 0. The highest BCUT2D eigenvalue weighted by molar-refractivity contribution is 5.59. The van der Waals surface area contributed by atoms with Crippen LogP contribution >= 0.6 is 0 Å². The minimum atomic E-state index is -0.295. The predicted molar refractivity (Wildman–Crippen MR) is 69.2 cm³/mol. The van der Waals surface area contributed by atoms with Crippen molar-refractivity contribution in [1.29, 1.82) is 0 Å². The number of benzene rings is 1. The summed E-state index contributed by atoms with van der Waals surface area (Å²) in [7, 11) is 0. The first-order chi connectivity index (χ1) is 8.10. The van der Waals surface area contributed by atoms with Gasteiger partial charge in [0.15, 0.2) is 0 Å². The highest BCUT2D eigenvalue weighted by Crippen LogP contribution is 2.22. The molecule has 0 heterocycles. The number of hydrogen-bond acceptors (Lipinski definition) is 2. The van der Waals surface area contributed by atoms with Crippen LogP contribution in [0, 0.1) is 5.82 Å². The van der Waals surface area contributed by atoms with Gasteiger partial charge in [-0.2, -0.15) is 0 Å². The van der Waals surface area contributed by atoms with E-state index in [1.165, 1.54) is 6.07 Å². The van der Waals surface area contributed by atoms with Gasteiger partial charge in [-0.25, -0.2) is 4.39 Å². The Labute approximate surface area is 102 Å². The lowest BCUT2D eigenvalue weighted by atomic mass is 10.0. The van der Waals surface area contributed by atoms with E-state index in [9.17, 15) is 4.39 Å². The van der Waals surface area contributed by atoms with Crippen LogP contribution in [0.1, 0.15) is 37.9 Å². The zero-order valence-corrected chi connectivity index (χ0v) is 10.7. The molecule has 0 aliphatic rings. The Bertz CT molecular complexity index is 390. The van der Waals surface area contributed by atoms with Crippen molar-refractivity contribution in [2.75, 3.05) is 13.2 Å². The maximum absolute atomic E-state index is 13.6. The van der Waals surface area contributed by atoms with E-state index in [2.05, 4.69) is 11.9 Å². The normalized spacial score (nSPS) is 12.2. The SMILES string of the molecule is C=C(OCC)c1cc(C(C)NCC)ccc1F. The molecule has 0 spiro atoms. The van der Waals surface area contributed by atoms with E-state index in [4.69, 9.17) is 4.74 Å². The first kappa shape index (κ1) is 13.7. The third-order valence-corrected chi connectivity index (χ3v) is 2.62. The molecule has 0 bridgehead atoms. The quantitative estimate of drug-likeness (QED) is 0.764. The topological polar surface area (TPSA) is 21.3 Å². The van der Waals surface area contributed by atoms with E-state index >= 15 is 0 Å². The molecule has 17 heavy (non-hydrogen) atoms. The number of nitrogens with one attached hydrogen (secondary N) is 1. The summed E-state index contributed by atoms with van der Waals surface area (Å²) in [6, 6.07) is 5.23. The molecule has 1 aromatic rings. The van der Waals surface area contributed by atoms with Gasteiger partial charge in [-0.3, -0.25) is 0 Å². The average molecular weight is 237 g/mol. The zero-order valence-electron chi connectivity index (χ0n) is 10.7. The van der Waals surface area contributed by atoms with Gasteiger partial charge in [0.05, 0.1) is 12.2 Å². The standard InChI is InChI=1S/C14H20FNO/c1-5-16-10(3)12-7-8-14(15)13(9-12)11(4)17-6-2/h7-10,16H,4-6H2,1-3H3. The number of ether oxygens (including phenoxy) is 1. The van der Waals surface area contributed by atoms with Gasteiger partial charge < -0.3 is 10.1 Å². The van der Waals surface area contributed by atoms with Gasteiger partial charge >= 0.3 is 0 Å². The monoisotopic (exact) mass is 237 g/mol. The second kappa shape index (κ2) is 6.40. The Morgan fingerprint density at radius 1 is 1.47 bits per heavy atom. The fourth-order valence-electron chi connectivity index (χ4n) is 1.70. The molecule has 94 valence electrons. The molecule has 0 amide bonds. The average Bonchev–Trinajstić information content (AvgIpc) is 2.30. The van der Waals surface area contributed by atoms with Crippen molar-refractivity contribution >= 4 is 5.76 Å². The third-order valence-electron chi connectivity index (χ3n) is 2.62. The van der Waals surface area contributed by atoms with Gasteiger partial charge in [0.25, 0.3) is 0 Å². The Morgan fingerprint density at radius 3 is 2.76 bits per heavy atom. The lowest BCUT2D eigenvalue weighted by Gasteiger charge is -2.15. The highest BCUT2D eigenvalue weighted by Gasteiger charge is 2.11. The summed E-state index contributed by atoms with van der Waals surface area (Å²) in [5.41, 5.74) is 1.47. The number of halogens is 1. The van der Waals surface area contributed by atoms with E-state index in [1.807, 2.05) is 20.8 Å². The first-order valence-corrected chi connectivity index (χ1v) is 5.95. The molecule has 1 atom stereocenters. The molecule has 0 aromatic heterocycles. The lowest BCUT2D eigenvalue weighted by molar-refractivity contribution is 0.297. The summed E-state index contributed by atoms with van der Waals surface area (Å²) in [6.07, 6.45) is 0. The molecule has 1 aromatic carbocycles. The Hall–Kier alpha value is -1.35. The smallest absolute Gasteiger partial charge is 0.134 e. The molecule has 1 N–H and O–H groups in total. The van der Waals surface area contributed by atoms with Crippen LogP contribution in [0.3, 0.4) is 0 Å². The van der Waals surface area contributed by atoms with Gasteiger partial charge in [0.2, 0.25) is 0 Å². The van der Waals surface area contributed by atoms with Gasteiger partial charge in [-0.15, -0.1) is 0 Å². The van der Waals surface area contributed by atoms with Crippen molar-refractivity contribution in [3.63, 3.8) is 0 Å². The van der Waals surface area contributed by atoms with Crippen molar-refractivity contribution in [3.05, 3.63) is 41.7 Å². The van der Waals surface area contributed by atoms with Crippen LogP contribution in [0.2, 0.25) is 0 Å². The molecule has 3 heteroatoms. The fourth-order valence-corrected chi connectivity index (χ4v) is 1.70. The lowest BCUT2D eigenvalue weighted by Crippen LogP contribution is -2.17. The summed E-state index contributed by atoms with van der Waals surface area (Å²) < 4.78 is 18.9. The molecule has 1 unspecified atom stereocenters. The van der Waals surface area contributed by atoms with Crippen LogP contribution < -0.4 is 5.32 Å². The van der Waals surface area contributed by atoms with E-state index in [0.29, 0.717) is 17.9 Å². The Balaban J connectivity index is 2.97. The van der Waals surface area contributed by atoms with Crippen molar-refractivity contribution in [3.8, 4) is 0 Å². The van der Waals surface area contributed by atoms with Gasteiger partial charge in [0, 0.05) is 6.04 Å². The Morgan fingerprint density at radius 2 is 2.18 bits per heavy atom. The second-order valence-corrected chi connectivity index (χ2v) is 3.87. The van der Waals surface area contributed by atoms with Gasteiger partial charge in [-0.1, -0.05) is 19.6 Å². The molecule has 1 rings (SSSR count). The molecule has 0 fully saturated rings. The molecule has 0 saturated heterocycles. The van der Waals surface area contributed by atoms with Crippen LogP contribution in [0.15, 0.2) is 24.8 Å². The predicted octanol–water partition coefficient (Wildman–Crippen LogP) is 3.50. The van der Waals surface area contributed by atoms with E-state index in [1.54, 1.807) is 12.1 Å². The molecular weight excluding hydrogens is 217 g/mol. The minimum Gasteiger partial charge on any atom is -0.494 e. The maximum atomic E-state index is 13.6. The van der Waals surface area contributed by atoms with Gasteiger partial charge in [-0.05, 0) is 38.1 Å². The van der Waals surface area contributed by atoms with Crippen molar-refractivity contribution in [2.24, 2.45) is 0 Å². The van der Waals surface area contributed by atoms with Crippen molar-refractivity contribution in [2.45, 2.75) is 26.8 Å². The van der Waals surface area contributed by atoms with E-state index in [0.717, 1.165) is 12.1 Å². The molecular formula is C14H20FNO. The Kier molecular flexibility index (Phi) is 5.16. The number of hydrogen-bond donors (Lipinski definition) is 1. The fraction of sp³-hybridized carbons (Fsp3) is 0.429. The maximum Gasteiger partial charge on any atom is 0.134 e. The molecule has 0 aliphatic carbocycles. The second-order valence-electron chi connectivity index (χ2n) is 3.87. The highest BCUT2D eigenvalue weighted by atomic mass is 19.1. The molecule has 0 saturated carbocycles. The summed E-state index contributed by atoms with van der Waals surface area (Å²) in [5.74, 6) is 0.0893. The third kappa shape index (κ3) is 3.56. The van der Waals surface area contributed by atoms with Crippen LogP contribution in [0.5, 0.6) is 0 Å². The summed E-state index contributed by atoms with van der Waals surface area (Å²) in [6.45, 7) is 11.0.